The van der Waals surface area contributed by atoms with Crippen molar-refractivity contribution in [2.24, 2.45) is 5.73 Å². The van der Waals surface area contributed by atoms with Crippen molar-refractivity contribution < 1.29 is 13.2 Å². The Kier molecular flexibility index (Phi) is 3.27. The fraction of sp³-hybridized carbons (Fsp3) is 0.286. The molecule has 13 heavy (non-hydrogen) atoms. The lowest BCUT2D eigenvalue weighted by Gasteiger charge is -2.05. The van der Waals surface area contributed by atoms with Gasteiger partial charge in [0.25, 0.3) is 6.43 Å². The molecule has 1 aromatic rings. The number of nitrogens with two attached hydrogens (primary N) is 1. The number of pyridine rings is 1. The fourth-order valence-corrected chi connectivity index (χ4v) is 1.28. The predicted octanol–water partition coefficient (Wildman–Crippen LogP) is 2.38. The summed E-state index contributed by atoms with van der Waals surface area (Å²) >= 11 is 2.83. The van der Waals surface area contributed by atoms with Gasteiger partial charge < -0.3 is 5.73 Å². The largest absolute Gasteiger partial charge is 0.326 e. The van der Waals surface area contributed by atoms with E-state index >= 15 is 0 Å². The molecule has 72 valence electrons. The molecule has 0 atom stereocenters. The van der Waals surface area contributed by atoms with Crippen LogP contribution in [-0.2, 0) is 6.54 Å². The maximum atomic E-state index is 13.1. The Labute approximate surface area is 81.1 Å². The molecule has 0 amide bonds. The van der Waals surface area contributed by atoms with Crippen LogP contribution < -0.4 is 5.73 Å². The third kappa shape index (κ3) is 2.00. The minimum atomic E-state index is -2.91. The minimum Gasteiger partial charge on any atom is -0.326 e. The van der Waals surface area contributed by atoms with Crippen LogP contribution in [0.1, 0.15) is 17.7 Å². The van der Waals surface area contributed by atoms with Gasteiger partial charge in [0.1, 0.15) is 5.69 Å². The zero-order valence-electron chi connectivity index (χ0n) is 6.40. The summed E-state index contributed by atoms with van der Waals surface area (Å²) in [6.07, 6.45) is -1.78. The highest BCUT2D eigenvalue weighted by molar-refractivity contribution is 9.10. The molecule has 0 spiro atoms. The summed E-state index contributed by atoms with van der Waals surface area (Å²) in [4.78, 5) is 3.27. The van der Waals surface area contributed by atoms with E-state index in [0.29, 0.717) is 5.56 Å². The molecule has 0 aliphatic heterocycles. The number of hydrogen-bond acceptors (Lipinski definition) is 2. The summed E-state index contributed by atoms with van der Waals surface area (Å²) in [6, 6.07) is 0. The van der Waals surface area contributed by atoms with Gasteiger partial charge in [-0.15, -0.1) is 0 Å². The van der Waals surface area contributed by atoms with Gasteiger partial charge in [-0.1, -0.05) is 0 Å². The topological polar surface area (TPSA) is 38.9 Å². The molecule has 0 aliphatic rings. The van der Waals surface area contributed by atoms with Gasteiger partial charge in [-0.25, -0.2) is 13.2 Å². The van der Waals surface area contributed by atoms with Crippen molar-refractivity contribution in [3.05, 3.63) is 27.7 Å². The van der Waals surface area contributed by atoms with Crippen molar-refractivity contribution in [3.8, 4) is 0 Å². The molecular weight excluding hydrogens is 249 g/mol. The van der Waals surface area contributed by atoms with Crippen molar-refractivity contribution in [2.75, 3.05) is 0 Å². The van der Waals surface area contributed by atoms with Crippen LogP contribution >= 0.6 is 15.9 Å². The SMILES string of the molecule is NCc1cnc(C(F)F)c(F)c1Br. The minimum absolute atomic E-state index is 0.0414. The standard InChI is InChI=1S/C7H6BrF3N2/c8-4-3(1-12)2-13-6(5(4)9)7(10)11/h2,7H,1,12H2. The third-order valence-electron chi connectivity index (χ3n) is 1.49. The summed E-state index contributed by atoms with van der Waals surface area (Å²) in [5.41, 5.74) is 4.73. The van der Waals surface area contributed by atoms with Crippen molar-refractivity contribution in [1.29, 1.82) is 0 Å². The van der Waals surface area contributed by atoms with Crippen molar-refractivity contribution >= 4 is 15.9 Å². The lowest BCUT2D eigenvalue weighted by Crippen LogP contribution is -2.04. The third-order valence-corrected chi connectivity index (χ3v) is 2.34. The molecule has 0 saturated heterocycles. The molecule has 2 nitrogen and oxygen atoms in total. The summed E-state index contributed by atoms with van der Waals surface area (Å²) < 4.78 is 37.2. The summed E-state index contributed by atoms with van der Waals surface area (Å²) in [5.74, 6) is -1.04. The summed E-state index contributed by atoms with van der Waals surface area (Å²) in [5, 5.41) is 0. The number of nitrogens with zero attached hydrogens (tertiary/aromatic N) is 1. The Balaban J connectivity index is 3.23. The van der Waals surface area contributed by atoms with Gasteiger partial charge in [0.05, 0.1) is 4.47 Å². The monoisotopic (exact) mass is 254 g/mol. The maximum Gasteiger partial charge on any atom is 0.283 e. The van der Waals surface area contributed by atoms with E-state index in [4.69, 9.17) is 5.73 Å². The molecule has 1 aromatic heterocycles. The predicted molar refractivity (Wildman–Crippen MR) is 44.7 cm³/mol. The van der Waals surface area contributed by atoms with Crippen LogP contribution in [0.15, 0.2) is 10.7 Å². The van der Waals surface area contributed by atoms with Crippen molar-refractivity contribution in [1.82, 2.24) is 4.98 Å². The summed E-state index contributed by atoms with van der Waals surface area (Å²) in [6.45, 7) is 0.0496. The molecule has 0 unspecified atom stereocenters. The molecule has 0 saturated carbocycles. The van der Waals surface area contributed by atoms with Crippen LogP contribution in [-0.4, -0.2) is 4.98 Å². The van der Waals surface area contributed by atoms with E-state index in [1.54, 1.807) is 0 Å². The van der Waals surface area contributed by atoms with Gasteiger partial charge in [0.15, 0.2) is 5.82 Å². The highest BCUT2D eigenvalue weighted by atomic mass is 79.9. The van der Waals surface area contributed by atoms with Crippen LogP contribution in [0, 0.1) is 5.82 Å². The van der Waals surface area contributed by atoms with Crippen LogP contribution in [0.3, 0.4) is 0 Å². The number of aromatic nitrogens is 1. The number of alkyl halides is 2. The molecule has 0 fully saturated rings. The van der Waals surface area contributed by atoms with Crippen molar-refractivity contribution in [2.45, 2.75) is 13.0 Å². The highest BCUT2D eigenvalue weighted by Gasteiger charge is 2.19. The zero-order valence-corrected chi connectivity index (χ0v) is 7.98. The highest BCUT2D eigenvalue weighted by Crippen LogP contribution is 2.27. The van der Waals surface area contributed by atoms with Gasteiger partial charge in [-0.05, 0) is 15.9 Å². The van der Waals surface area contributed by atoms with Gasteiger partial charge >= 0.3 is 0 Å². The van der Waals surface area contributed by atoms with E-state index in [9.17, 15) is 13.2 Å². The van der Waals surface area contributed by atoms with Crippen LogP contribution in [0.4, 0.5) is 13.2 Å². The van der Waals surface area contributed by atoms with E-state index in [1.807, 2.05) is 0 Å². The molecule has 0 aliphatic carbocycles. The van der Waals surface area contributed by atoms with Gasteiger partial charge in [-0.3, -0.25) is 4.98 Å². The molecule has 2 N–H and O–H groups in total. The van der Waals surface area contributed by atoms with E-state index < -0.39 is 17.9 Å². The lowest BCUT2D eigenvalue weighted by atomic mass is 10.2. The molecule has 1 rings (SSSR count). The molecular formula is C7H6BrF3N2. The first kappa shape index (κ1) is 10.5. The number of halogens is 4. The Morgan fingerprint density at radius 3 is 2.62 bits per heavy atom. The molecule has 0 bridgehead atoms. The number of hydrogen-bond donors (Lipinski definition) is 1. The Hall–Kier alpha value is -0.620. The first-order valence-corrected chi connectivity index (χ1v) is 4.18. The normalized spacial score (nSPS) is 10.9. The number of rotatable bonds is 2. The first-order valence-electron chi connectivity index (χ1n) is 3.39. The van der Waals surface area contributed by atoms with E-state index in [-0.39, 0.29) is 11.0 Å². The molecule has 0 radical (unpaired) electrons. The van der Waals surface area contributed by atoms with E-state index in [1.165, 1.54) is 0 Å². The second-order valence-electron chi connectivity index (χ2n) is 2.30. The average Bonchev–Trinajstić information content (AvgIpc) is 2.09. The molecule has 0 aromatic carbocycles. The smallest absolute Gasteiger partial charge is 0.283 e. The lowest BCUT2D eigenvalue weighted by molar-refractivity contribution is 0.140. The fourth-order valence-electron chi connectivity index (χ4n) is 0.809. The van der Waals surface area contributed by atoms with Gasteiger partial charge in [0, 0.05) is 18.3 Å². The van der Waals surface area contributed by atoms with Gasteiger partial charge in [-0.2, -0.15) is 0 Å². The van der Waals surface area contributed by atoms with Crippen molar-refractivity contribution in [3.63, 3.8) is 0 Å². The maximum absolute atomic E-state index is 13.1. The van der Waals surface area contributed by atoms with Crippen LogP contribution in [0.25, 0.3) is 0 Å². The van der Waals surface area contributed by atoms with Crippen LogP contribution in [0.2, 0.25) is 0 Å². The van der Waals surface area contributed by atoms with E-state index in [0.717, 1.165) is 6.20 Å². The van der Waals surface area contributed by atoms with Crippen LogP contribution in [0.5, 0.6) is 0 Å². The average molecular weight is 255 g/mol. The van der Waals surface area contributed by atoms with E-state index in [2.05, 4.69) is 20.9 Å². The second-order valence-corrected chi connectivity index (χ2v) is 3.09. The Bertz CT molecular complexity index is 317. The molecule has 6 heteroatoms. The zero-order chi connectivity index (χ0) is 10.0. The van der Waals surface area contributed by atoms with Gasteiger partial charge in [0.2, 0.25) is 0 Å². The first-order chi connectivity index (χ1) is 6.07. The quantitative estimate of drug-likeness (QED) is 0.881. The second kappa shape index (κ2) is 4.06. The Morgan fingerprint density at radius 2 is 2.15 bits per heavy atom. The molecule has 1 heterocycles. The Morgan fingerprint density at radius 1 is 1.54 bits per heavy atom. The summed E-state index contributed by atoms with van der Waals surface area (Å²) in [7, 11) is 0.